The van der Waals surface area contributed by atoms with Gasteiger partial charge < -0.3 is 10.1 Å². The molecule has 1 atom stereocenters. The van der Waals surface area contributed by atoms with E-state index in [9.17, 15) is 14.0 Å². The van der Waals surface area contributed by atoms with Crippen molar-refractivity contribution in [3.05, 3.63) is 62.8 Å². The molecular formula is C19H18BrClFNO3. The minimum Gasteiger partial charge on any atom is -0.423 e. The summed E-state index contributed by atoms with van der Waals surface area (Å²) in [4.78, 5) is 24.9. The first-order valence-electron chi connectivity index (χ1n) is 7.93. The van der Waals surface area contributed by atoms with Gasteiger partial charge in [-0.1, -0.05) is 53.5 Å². The van der Waals surface area contributed by atoms with Crippen molar-refractivity contribution in [1.29, 1.82) is 0 Å². The fourth-order valence-electron chi connectivity index (χ4n) is 2.34. The van der Waals surface area contributed by atoms with E-state index < -0.39 is 23.7 Å². The van der Waals surface area contributed by atoms with Gasteiger partial charge in [0.2, 0.25) is 0 Å². The van der Waals surface area contributed by atoms with Crippen LogP contribution >= 0.6 is 27.5 Å². The predicted octanol–water partition coefficient (Wildman–Crippen LogP) is 4.91. The van der Waals surface area contributed by atoms with Gasteiger partial charge in [0.1, 0.15) is 11.9 Å². The highest BCUT2D eigenvalue weighted by atomic mass is 79.9. The Morgan fingerprint density at radius 1 is 1.23 bits per heavy atom. The molecule has 0 saturated heterocycles. The van der Waals surface area contributed by atoms with Crippen molar-refractivity contribution in [3.63, 3.8) is 0 Å². The van der Waals surface area contributed by atoms with E-state index in [1.165, 1.54) is 18.2 Å². The molecule has 1 amide bonds. The number of esters is 1. The molecule has 2 aromatic rings. The number of halogens is 3. The van der Waals surface area contributed by atoms with Crippen LogP contribution in [0.15, 0.2) is 40.9 Å². The topological polar surface area (TPSA) is 55.4 Å². The Hall–Kier alpha value is -1.92. The third-order valence-electron chi connectivity index (χ3n) is 3.72. The van der Waals surface area contributed by atoms with Gasteiger partial charge in [0.05, 0.1) is 10.6 Å². The number of aryl methyl sites for hydroxylation is 1. The summed E-state index contributed by atoms with van der Waals surface area (Å²) in [5.74, 6) is -2.06. The number of hydrogen-bond donors (Lipinski definition) is 1. The molecule has 7 heteroatoms. The van der Waals surface area contributed by atoms with Gasteiger partial charge in [-0.15, -0.1) is 0 Å². The molecule has 0 fully saturated rings. The van der Waals surface area contributed by atoms with Crippen LogP contribution in [0.3, 0.4) is 0 Å². The minimum absolute atomic E-state index is 0.135. The molecule has 0 unspecified atom stereocenters. The standard InChI is InChI=1S/C19H18BrClFNO3/c1-10(2)16(23-18(24)13-6-4-5-7-15(13)22)19(25)26-17-11(3)8-12(20)9-14(17)21/h4-10,16H,1-3H3,(H,23,24)/t16-/m1/s1. The van der Waals surface area contributed by atoms with E-state index in [-0.39, 0.29) is 22.3 Å². The van der Waals surface area contributed by atoms with Gasteiger partial charge in [-0.2, -0.15) is 0 Å². The lowest BCUT2D eigenvalue weighted by Crippen LogP contribution is -2.46. The largest absolute Gasteiger partial charge is 0.423 e. The van der Waals surface area contributed by atoms with E-state index in [1.54, 1.807) is 39.0 Å². The van der Waals surface area contributed by atoms with E-state index in [1.807, 2.05) is 0 Å². The smallest absolute Gasteiger partial charge is 0.334 e. The van der Waals surface area contributed by atoms with Crippen molar-refractivity contribution in [2.75, 3.05) is 0 Å². The van der Waals surface area contributed by atoms with Crippen molar-refractivity contribution in [2.24, 2.45) is 5.92 Å². The highest BCUT2D eigenvalue weighted by Crippen LogP contribution is 2.32. The van der Waals surface area contributed by atoms with Gasteiger partial charge in [0.25, 0.3) is 5.91 Å². The van der Waals surface area contributed by atoms with Crippen LogP contribution in [0, 0.1) is 18.7 Å². The lowest BCUT2D eigenvalue weighted by atomic mass is 10.0. The Morgan fingerprint density at radius 3 is 2.46 bits per heavy atom. The fourth-order valence-corrected chi connectivity index (χ4v) is 3.35. The third-order valence-corrected chi connectivity index (χ3v) is 4.46. The van der Waals surface area contributed by atoms with E-state index >= 15 is 0 Å². The molecular weight excluding hydrogens is 425 g/mol. The number of hydrogen-bond acceptors (Lipinski definition) is 3. The summed E-state index contributed by atoms with van der Waals surface area (Å²) >= 11 is 9.45. The normalized spacial score (nSPS) is 12.0. The first kappa shape index (κ1) is 20.4. The van der Waals surface area contributed by atoms with Gasteiger partial charge >= 0.3 is 5.97 Å². The Balaban J connectivity index is 2.21. The summed E-state index contributed by atoms with van der Waals surface area (Å²) < 4.78 is 20.0. The van der Waals surface area contributed by atoms with Crippen molar-refractivity contribution < 1.29 is 18.7 Å². The Morgan fingerprint density at radius 2 is 1.88 bits per heavy atom. The summed E-state index contributed by atoms with van der Waals surface area (Å²) in [5.41, 5.74) is 0.532. The van der Waals surface area contributed by atoms with Crippen LogP contribution in [0.4, 0.5) is 4.39 Å². The Kier molecular flexibility index (Phi) is 6.78. The van der Waals surface area contributed by atoms with Crippen molar-refractivity contribution in [3.8, 4) is 5.75 Å². The highest BCUT2D eigenvalue weighted by molar-refractivity contribution is 9.10. The average molecular weight is 443 g/mol. The van der Waals surface area contributed by atoms with Crippen LogP contribution in [-0.4, -0.2) is 17.9 Å². The number of nitrogens with one attached hydrogen (secondary N) is 1. The molecule has 2 aromatic carbocycles. The minimum atomic E-state index is -0.957. The second-order valence-corrected chi connectivity index (χ2v) is 7.45. The van der Waals surface area contributed by atoms with E-state index in [0.717, 1.165) is 4.47 Å². The number of ether oxygens (including phenoxy) is 1. The molecule has 1 N–H and O–H groups in total. The van der Waals surface area contributed by atoms with Crippen LogP contribution in [0.5, 0.6) is 5.75 Å². The fraction of sp³-hybridized carbons (Fsp3) is 0.263. The molecule has 2 rings (SSSR count). The van der Waals surface area contributed by atoms with Crippen molar-refractivity contribution in [1.82, 2.24) is 5.32 Å². The zero-order valence-electron chi connectivity index (χ0n) is 14.5. The monoisotopic (exact) mass is 441 g/mol. The van der Waals surface area contributed by atoms with Gasteiger partial charge in [0, 0.05) is 4.47 Å². The first-order valence-corrected chi connectivity index (χ1v) is 9.10. The van der Waals surface area contributed by atoms with E-state index in [2.05, 4.69) is 21.2 Å². The quantitative estimate of drug-likeness (QED) is 0.529. The average Bonchev–Trinajstić information content (AvgIpc) is 2.55. The lowest BCUT2D eigenvalue weighted by Gasteiger charge is -2.21. The molecule has 0 aliphatic heterocycles. The molecule has 26 heavy (non-hydrogen) atoms. The zero-order chi connectivity index (χ0) is 19.4. The summed E-state index contributed by atoms with van der Waals surface area (Å²) in [6.07, 6.45) is 0. The maximum Gasteiger partial charge on any atom is 0.334 e. The van der Waals surface area contributed by atoms with Gasteiger partial charge in [-0.25, -0.2) is 9.18 Å². The molecule has 0 bridgehead atoms. The lowest BCUT2D eigenvalue weighted by molar-refractivity contribution is -0.137. The Bertz CT molecular complexity index is 818. The maximum atomic E-state index is 13.8. The second kappa shape index (κ2) is 8.64. The summed E-state index contributed by atoms with van der Waals surface area (Å²) in [5, 5.41) is 2.81. The second-order valence-electron chi connectivity index (χ2n) is 6.13. The van der Waals surface area contributed by atoms with Crippen LogP contribution in [0.25, 0.3) is 0 Å². The molecule has 4 nitrogen and oxygen atoms in total. The van der Waals surface area contributed by atoms with Gasteiger partial charge in [-0.3, -0.25) is 4.79 Å². The number of amides is 1. The third kappa shape index (κ3) is 4.83. The summed E-state index contributed by atoms with van der Waals surface area (Å²) in [7, 11) is 0. The van der Waals surface area contributed by atoms with E-state index in [0.29, 0.717) is 5.56 Å². The zero-order valence-corrected chi connectivity index (χ0v) is 16.8. The number of carbonyl (C=O) groups is 2. The number of carbonyl (C=O) groups excluding carboxylic acids is 2. The number of benzene rings is 2. The predicted molar refractivity (Wildman–Crippen MR) is 102 cm³/mol. The Labute approximate surface area is 164 Å². The molecule has 0 saturated carbocycles. The van der Waals surface area contributed by atoms with Crippen LogP contribution < -0.4 is 10.1 Å². The molecule has 0 spiro atoms. The highest BCUT2D eigenvalue weighted by Gasteiger charge is 2.28. The molecule has 0 heterocycles. The van der Waals surface area contributed by atoms with Crippen molar-refractivity contribution in [2.45, 2.75) is 26.8 Å². The van der Waals surface area contributed by atoms with Crippen molar-refractivity contribution >= 4 is 39.4 Å². The molecule has 138 valence electrons. The number of rotatable bonds is 5. The molecule has 0 aliphatic carbocycles. The van der Waals surface area contributed by atoms with Crippen LogP contribution in [0.1, 0.15) is 29.8 Å². The van der Waals surface area contributed by atoms with Gasteiger partial charge in [0.15, 0.2) is 5.75 Å². The molecule has 0 aromatic heterocycles. The van der Waals surface area contributed by atoms with Gasteiger partial charge in [-0.05, 0) is 42.7 Å². The summed E-state index contributed by atoms with van der Waals surface area (Å²) in [6, 6.07) is 7.98. The maximum absolute atomic E-state index is 13.8. The van der Waals surface area contributed by atoms with Crippen LogP contribution in [0.2, 0.25) is 5.02 Å². The SMILES string of the molecule is Cc1cc(Br)cc(Cl)c1OC(=O)[C@H](NC(=O)c1ccccc1F)C(C)C. The summed E-state index contributed by atoms with van der Waals surface area (Å²) in [6.45, 7) is 5.26. The molecule has 0 radical (unpaired) electrons. The van der Waals surface area contributed by atoms with E-state index in [4.69, 9.17) is 16.3 Å². The van der Waals surface area contributed by atoms with Crippen LogP contribution in [-0.2, 0) is 4.79 Å². The molecule has 0 aliphatic rings. The first-order chi connectivity index (χ1) is 12.2.